The summed E-state index contributed by atoms with van der Waals surface area (Å²) >= 11 is 0. The Morgan fingerprint density at radius 1 is 0.298 bits per heavy atom. The van der Waals surface area contributed by atoms with Crippen molar-refractivity contribution in [3.05, 3.63) is 341 Å². The van der Waals surface area contributed by atoms with E-state index in [1.165, 1.54) is 0 Å². The summed E-state index contributed by atoms with van der Waals surface area (Å²) in [5.41, 5.74) is 13.0. The van der Waals surface area contributed by atoms with Gasteiger partial charge in [0, 0.05) is 70.8 Å². The molecule has 3 aliphatic rings. The Bertz CT molecular complexity index is 4510. The van der Waals surface area contributed by atoms with Crippen LogP contribution in [0.2, 0.25) is 0 Å². The Balaban J connectivity index is 0.929. The van der Waals surface area contributed by atoms with Crippen LogP contribution in [0.15, 0.2) is 183 Å². The van der Waals surface area contributed by atoms with Crippen LogP contribution in [0.4, 0.5) is 0 Å². The van der Waals surface area contributed by atoms with Crippen molar-refractivity contribution >= 4 is 23.9 Å². The molecule has 0 unspecified atom stereocenters. The van der Waals surface area contributed by atoms with E-state index in [9.17, 15) is 19.2 Å². The third-order valence-corrected chi connectivity index (χ3v) is 16.9. The van der Waals surface area contributed by atoms with E-state index >= 15 is 0 Å². The van der Waals surface area contributed by atoms with Gasteiger partial charge in [0.2, 0.25) is 0 Å². The average molecular weight is 1240 g/mol. The number of fused-ring (bicyclic) bond motifs is 30. The molecule has 0 saturated carbocycles. The van der Waals surface area contributed by atoms with E-state index in [1.807, 2.05) is 48.5 Å². The first-order valence-corrected chi connectivity index (χ1v) is 30.1. The number of H-pyrrole nitrogens is 4. The molecular weight excluding hydrogens is 1190 g/mol. The maximum absolute atomic E-state index is 14.6. The van der Waals surface area contributed by atoms with Gasteiger partial charge in [0.15, 0.2) is 0 Å². The van der Waals surface area contributed by atoms with Crippen molar-refractivity contribution in [2.45, 2.75) is 52.6 Å². The van der Waals surface area contributed by atoms with Gasteiger partial charge < -0.3 is 38.9 Å². The third-order valence-electron chi connectivity index (χ3n) is 16.9. The molecule has 0 spiro atoms. The van der Waals surface area contributed by atoms with Crippen molar-refractivity contribution in [1.29, 1.82) is 0 Å². The molecule has 24 heteroatoms. The molecule has 8 aromatic heterocycles. The van der Waals surface area contributed by atoms with Gasteiger partial charge in [-0.25, -0.2) is 37.9 Å². The molecular formula is C70H50N16O8+4. The van der Waals surface area contributed by atoms with E-state index in [0.29, 0.717) is 0 Å². The molecule has 0 radical (unpaired) electrons. The van der Waals surface area contributed by atoms with E-state index in [2.05, 4.69) is 158 Å². The number of nitrogens with one attached hydrogen (secondary N) is 4. The number of nitrogens with zero attached hydrogens (tertiary/aromatic N) is 12. The van der Waals surface area contributed by atoms with Gasteiger partial charge in [-0.15, -0.1) is 20.4 Å². The van der Waals surface area contributed by atoms with Gasteiger partial charge in [-0.1, -0.05) is 20.9 Å². The number of rotatable bonds is 0. The third kappa shape index (κ3) is 10.4. The van der Waals surface area contributed by atoms with Crippen molar-refractivity contribution in [1.82, 2.24) is 79.9 Å². The highest BCUT2D eigenvalue weighted by Crippen LogP contribution is 2.41. The first-order valence-electron chi connectivity index (χ1n) is 30.1. The number of ether oxygens (including phenoxy) is 4. The van der Waals surface area contributed by atoms with Gasteiger partial charge in [-0.05, 0) is 60.7 Å². The normalized spacial score (nSPS) is 14.8. The van der Waals surface area contributed by atoms with Gasteiger partial charge in [0.1, 0.15) is 118 Å². The van der Waals surface area contributed by atoms with Gasteiger partial charge in [0.05, 0.1) is 144 Å². The number of carbonyl (C=O) groups is 4. The molecule has 11 heterocycles. The number of carbonyl (C=O) groups excluding carboxylic acids is 4. The van der Waals surface area contributed by atoms with Crippen molar-refractivity contribution in [3.63, 3.8) is 0 Å². The van der Waals surface area contributed by atoms with Crippen molar-refractivity contribution in [2.75, 3.05) is 0 Å². The maximum Gasteiger partial charge on any atom is 0.339 e. The van der Waals surface area contributed by atoms with Gasteiger partial charge >= 0.3 is 23.9 Å². The second-order valence-electron chi connectivity index (χ2n) is 23.3. The number of hydrogen-bond donors (Lipinski definition) is 4. The molecule has 0 fully saturated rings. The first kappa shape index (κ1) is 55.2. The molecule has 3 aliphatic heterocycles. The summed E-state index contributed by atoms with van der Waals surface area (Å²) in [6.45, 7) is -0.591. The number of esters is 4. The molecule has 28 bridgehead atoms. The average Bonchev–Trinajstić information content (AvgIpc) is 1.37. The van der Waals surface area contributed by atoms with Gasteiger partial charge in [0.25, 0.3) is 0 Å². The molecule has 0 saturated heterocycles. The van der Waals surface area contributed by atoms with Crippen LogP contribution in [-0.4, -0.2) is 104 Å². The topological polar surface area (TPSA) is 291 Å². The zero-order chi connectivity index (χ0) is 63.0. The van der Waals surface area contributed by atoms with Crippen LogP contribution in [0.25, 0.3) is 0 Å². The Hall–Kier alpha value is -12.9. The monoisotopic (exact) mass is 1240 g/mol. The molecule has 4 N–H and O–H groups in total. The number of aromatic nitrogens is 16. The largest absolute Gasteiger partial charge is 0.455 e. The first-order chi connectivity index (χ1) is 46.1. The lowest BCUT2D eigenvalue weighted by Crippen LogP contribution is -2.21. The van der Waals surface area contributed by atoms with Crippen LogP contribution in [0.3, 0.4) is 0 Å². The summed E-state index contributed by atoms with van der Waals surface area (Å²) in [5.74, 6) is -0.749. The highest BCUT2D eigenvalue weighted by atomic mass is 16.5. The van der Waals surface area contributed by atoms with Gasteiger partial charge in [-0.2, -0.15) is 0 Å². The SMILES string of the molecule is O=C1OCc2cn(nn2)Cc2cccc(c2)[C+]2c3ccc([nH]3)[C+]3c4cccc(c4)Cn4cc(nn4)COC(=O)c4cc5c(cc41)C(=O)OCc1cn(nn1)Cc1cccc(c1)[C+](c1ccc([nH]1)[C+](c1cccc(c1)Cn1cc(nn1)COC5=O)c1ccc3[nH]1)c1ccc2[nH]1. The minimum Gasteiger partial charge on any atom is -0.455 e. The van der Waals surface area contributed by atoms with Crippen LogP contribution < -0.4 is 0 Å². The molecule has 5 aromatic carbocycles. The van der Waals surface area contributed by atoms with Crippen LogP contribution in [0.1, 0.15) is 154 Å². The van der Waals surface area contributed by atoms with E-state index in [0.717, 1.165) is 126 Å². The molecule has 0 atom stereocenters. The van der Waals surface area contributed by atoms with Crippen LogP contribution >= 0.6 is 0 Å². The van der Waals surface area contributed by atoms with Crippen LogP contribution in [0, 0.1) is 23.7 Å². The summed E-state index contributed by atoms with van der Waals surface area (Å²) < 4.78 is 30.0. The maximum atomic E-state index is 14.6. The fraction of sp³-hybridized carbons (Fsp3) is 0.114. The number of aromatic amines is 4. The van der Waals surface area contributed by atoms with E-state index in [1.54, 1.807) is 43.5 Å². The second-order valence-corrected chi connectivity index (χ2v) is 23.3. The minimum atomic E-state index is -1.07. The van der Waals surface area contributed by atoms with E-state index in [-0.39, 0.29) is 49.0 Å². The van der Waals surface area contributed by atoms with Crippen molar-refractivity contribution in [2.24, 2.45) is 0 Å². The lowest BCUT2D eigenvalue weighted by molar-refractivity contribution is 0.0404. The highest BCUT2D eigenvalue weighted by Gasteiger charge is 2.39. The number of cyclic esters (lactones) is 4. The summed E-state index contributed by atoms with van der Waals surface area (Å²) in [4.78, 5) is 74.2. The molecule has 24 nitrogen and oxygen atoms in total. The summed E-state index contributed by atoms with van der Waals surface area (Å²) in [5, 5.41) is 35.1. The molecule has 0 aliphatic carbocycles. The predicted molar refractivity (Wildman–Crippen MR) is 331 cm³/mol. The Morgan fingerprint density at radius 3 is 0.745 bits per heavy atom. The van der Waals surface area contributed by atoms with Crippen LogP contribution in [-0.2, 0) is 71.6 Å². The zero-order valence-corrected chi connectivity index (χ0v) is 49.6. The van der Waals surface area contributed by atoms with Crippen LogP contribution in [0.5, 0.6) is 0 Å². The van der Waals surface area contributed by atoms with Crippen molar-refractivity contribution in [3.8, 4) is 0 Å². The smallest absolute Gasteiger partial charge is 0.339 e. The van der Waals surface area contributed by atoms with Gasteiger partial charge in [-0.3, -0.25) is 0 Å². The minimum absolute atomic E-state index is 0.263. The molecule has 0 amide bonds. The summed E-state index contributed by atoms with van der Waals surface area (Å²) in [7, 11) is 0. The lowest BCUT2D eigenvalue weighted by Gasteiger charge is -2.14. The highest BCUT2D eigenvalue weighted by molar-refractivity contribution is 6.10. The molecule has 13 aromatic rings. The zero-order valence-electron chi connectivity index (χ0n) is 49.6. The lowest BCUT2D eigenvalue weighted by atomic mass is 9.91. The molecule has 454 valence electrons. The van der Waals surface area contributed by atoms with Crippen molar-refractivity contribution < 1.29 is 38.1 Å². The Kier molecular flexibility index (Phi) is 13.3. The predicted octanol–water partition coefficient (Wildman–Crippen LogP) is 8.32. The Labute approximate surface area is 533 Å². The number of hydrogen-bond acceptors (Lipinski definition) is 16. The fourth-order valence-corrected chi connectivity index (χ4v) is 12.7. The van der Waals surface area contributed by atoms with E-state index < -0.39 is 72.6 Å². The summed E-state index contributed by atoms with van der Waals surface area (Å²) in [6, 6.07) is 51.8. The summed E-state index contributed by atoms with van der Waals surface area (Å²) in [6.07, 6.45) is 6.58. The molecule has 16 rings (SSSR count). The molecule has 94 heavy (non-hydrogen) atoms. The van der Waals surface area contributed by atoms with E-state index in [4.69, 9.17) is 18.9 Å². The quantitative estimate of drug-likeness (QED) is 0.0630. The fourth-order valence-electron chi connectivity index (χ4n) is 12.7. The Morgan fingerprint density at radius 2 is 0.521 bits per heavy atom. The number of benzene rings is 5. The standard InChI is InChI=1S/C70H50N16O8/c87-67-51-25-53-54-26-52(51)68(88)92-36-48-32-84(80-76-48)28-40-6-2-10-44(22-40)64-56-14-13-55(71-56)63(43-9-1-5-39(21-43)27-83-31-47(35-91-67)75-79-83)59-17-18-60(73-59)65(45-11-3-7-41(23-45)29-85-33-49(77-81-85)37-93-69(53)89)57-15-16-58(72-57)66(62-20-19-61(64)74-62)46-12-4-8-42(24-46)30-86-34-50(78-82-86)38-94-70(54)90/h1-26,31-34,71-74H,27-30,35-38H2/q+4. The second kappa shape index (κ2) is 22.6.